The number of carbonyl (C=O) groups excluding carboxylic acids is 1. The molecule has 0 fully saturated rings. The zero-order chi connectivity index (χ0) is 22.3. The summed E-state index contributed by atoms with van der Waals surface area (Å²) in [4.78, 5) is 17.0. The second-order valence-electron chi connectivity index (χ2n) is 7.30. The Kier molecular flexibility index (Phi) is 6.28. The molecule has 0 unspecified atom stereocenters. The van der Waals surface area contributed by atoms with Gasteiger partial charge in [0, 0.05) is 11.6 Å². The van der Waals surface area contributed by atoms with Crippen molar-refractivity contribution in [1.82, 2.24) is 4.98 Å². The monoisotopic (exact) mass is 420 g/mol. The molecule has 0 radical (unpaired) electrons. The molecule has 0 aliphatic rings. The molecule has 0 aliphatic heterocycles. The molecule has 4 rings (SSSR count). The lowest BCUT2D eigenvalue weighted by Gasteiger charge is -2.12. The molecule has 1 aromatic heterocycles. The fourth-order valence-corrected chi connectivity index (χ4v) is 3.38. The standard InChI is InChI=1S/C26H20N4O2/c1-18(19-8-3-2-4-9-19)16-25(31)32-24-14-13-23(21-11-7-15-28-26(21)24)30-29-22-12-6-5-10-20(22)17-27/h2-15,18H,16H2,1H3/t18-/m0/s1. The van der Waals surface area contributed by atoms with Crippen LogP contribution in [0.5, 0.6) is 5.75 Å². The number of carbonyl (C=O) groups is 1. The van der Waals surface area contributed by atoms with E-state index < -0.39 is 0 Å². The maximum absolute atomic E-state index is 12.6. The minimum atomic E-state index is -0.328. The summed E-state index contributed by atoms with van der Waals surface area (Å²) < 4.78 is 5.66. The number of fused-ring (bicyclic) bond motifs is 1. The molecule has 0 amide bonds. The van der Waals surface area contributed by atoms with Crippen LogP contribution in [-0.2, 0) is 4.79 Å². The summed E-state index contributed by atoms with van der Waals surface area (Å²) in [6.45, 7) is 2.00. The van der Waals surface area contributed by atoms with Crippen molar-refractivity contribution in [3.05, 3.63) is 96.2 Å². The largest absolute Gasteiger partial charge is 0.424 e. The third kappa shape index (κ3) is 4.68. The summed E-state index contributed by atoms with van der Waals surface area (Å²) in [6, 6.07) is 26.0. The lowest BCUT2D eigenvalue weighted by molar-refractivity contribution is -0.134. The van der Waals surface area contributed by atoms with Gasteiger partial charge in [0.05, 0.1) is 17.7 Å². The maximum atomic E-state index is 12.6. The third-order valence-electron chi connectivity index (χ3n) is 5.06. The van der Waals surface area contributed by atoms with E-state index in [9.17, 15) is 10.1 Å². The summed E-state index contributed by atoms with van der Waals surface area (Å²) in [5.74, 6) is 0.0871. The van der Waals surface area contributed by atoms with Crippen molar-refractivity contribution in [1.29, 1.82) is 5.26 Å². The number of esters is 1. The first-order valence-electron chi connectivity index (χ1n) is 10.2. The van der Waals surface area contributed by atoms with Gasteiger partial charge in [-0.3, -0.25) is 9.78 Å². The van der Waals surface area contributed by atoms with Gasteiger partial charge in [-0.2, -0.15) is 5.26 Å². The van der Waals surface area contributed by atoms with Crippen molar-refractivity contribution in [2.45, 2.75) is 19.3 Å². The molecule has 4 aromatic rings. The highest BCUT2D eigenvalue weighted by molar-refractivity contribution is 5.95. The van der Waals surface area contributed by atoms with Crippen molar-refractivity contribution in [2.75, 3.05) is 0 Å². The molecule has 3 aromatic carbocycles. The Balaban J connectivity index is 1.58. The topological polar surface area (TPSA) is 87.7 Å². The Bertz CT molecular complexity index is 1330. The number of nitriles is 1. The lowest BCUT2D eigenvalue weighted by Crippen LogP contribution is -2.12. The first-order valence-corrected chi connectivity index (χ1v) is 10.2. The number of ether oxygens (including phenoxy) is 1. The second-order valence-corrected chi connectivity index (χ2v) is 7.30. The molecule has 0 saturated heterocycles. The number of benzene rings is 3. The van der Waals surface area contributed by atoms with Gasteiger partial charge in [-0.25, -0.2) is 0 Å². The average molecular weight is 420 g/mol. The van der Waals surface area contributed by atoms with Crippen molar-refractivity contribution >= 4 is 28.2 Å². The van der Waals surface area contributed by atoms with Crippen LogP contribution in [-0.4, -0.2) is 11.0 Å². The van der Waals surface area contributed by atoms with Gasteiger partial charge in [0.25, 0.3) is 0 Å². The van der Waals surface area contributed by atoms with Crippen LogP contribution in [0.3, 0.4) is 0 Å². The minimum Gasteiger partial charge on any atom is -0.424 e. The number of pyridine rings is 1. The average Bonchev–Trinajstić information content (AvgIpc) is 2.84. The third-order valence-corrected chi connectivity index (χ3v) is 5.06. The second kappa shape index (κ2) is 9.63. The molecule has 1 heterocycles. The molecule has 6 heteroatoms. The Morgan fingerprint density at radius 3 is 2.53 bits per heavy atom. The van der Waals surface area contributed by atoms with Crippen LogP contribution >= 0.6 is 0 Å². The summed E-state index contributed by atoms with van der Waals surface area (Å²) >= 11 is 0. The summed E-state index contributed by atoms with van der Waals surface area (Å²) in [5, 5.41) is 18.5. The van der Waals surface area contributed by atoms with Gasteiger partial charge >= 0.3 is 5.97 Å². The molecule has 156 valence electrons. The Morgan fingerprint density at radius 2 is 1.72 bits per heavy atom. The van der Waals surface area contributed by atoms with Crippen molar-refractivity contribution in [3.63, 3.8) is 0 Å². The molecule has 0 saturated carbocycles. The Hall–Kier alpha value is -4.37. The van der Waals surface area contributed by atoms with Crippen LogP contribution in [0.15, 0.2) is 95.3 Å². The maximum Gasteiger partial charge on any atom is 0.311 e. The first kappa shape index (κ1) is 20.9. The molecule has 6 nitrogen and oxygen atoms in total. The molecular formula is C26H20N4O2. The predicted molar refractivity (Wildman–Crippen MR) is 122 cm³/mol. The van der Waals surface area contributed by atoms with Gasteiger partial charge in [0.1, 0.15) is 17.3 Å². The minimum absolute atomic E-state index is 0.0381. The normalized spacial score (nSPS) is 11.9. The van der Waals surface area contributed by atoms with Gasteiger partial charge < -0.3 is 4.74 Å². The number of rotatable bonds is 6. The molecule has 0 spiro atoms. The highest BCUT2D eigenvalue weighted by Crippen LogP contribution is 2.33. The number of nitrogens with zero attached hydrogens (tertiary/aromatic N) is 4. The lowest BCUT2D eigenvalue weighted by atomic mass is 9.98. The number of hydrogen-bond donors (Lipinski definition) is 0. The van der Waals surface area contributed by atoms with Gasteiger partial charge in [-0.1, -0.05) is 49.4 Å². The van der Waals surface area contributed by atoms with Crippen molar-refractivity contribution in [2.24, 2.45) is 10.2 Å². The quantitative estimate of drug-likeness (QED) is 0.199. The number of hydrogen-bond acceptors (Lipinski definition) is 6. The van der Waals surface area contributed by atoms with E-state index in [1.54, 1.807) is 48.7 Å². The fraction of sp³-hybridized carbons (Fsp3) is 0.115. The van der Waals surface area contributed by atoms with Crippen LogP contribution in [0.2, 0.25) is 0 Å². The Morgan fingerprint density at radius 1 is 0.969 bits per heavy atom. The van der Waals surface area contributed by atoms with Crippen LogP contribution in [0.4, 0.5) is 11.4 Å². The highest BCUT2D eigenvalue weighted by Gasteiger charge is 2.16. The SMILES string of the molecule is C[C@@H](CC(=O)Oc1ccc(N=Nc2ccccc2C#N)c2cccnc12)c1ccccc1. The predicted octanol–water partition coefficient (Wildman–Crippen LogP) is 6.62. The summed E-state index contributed by atoms with van der Waals surface area (Å²) in [6.07, 6.45) is 1.89. The van der Waals surface area contributed by atoms with Crippen molar-refractivity contribution < 1.29 is 9.53 Å². The Labute approximate surface area is 185 Å². The first-order chi connectivity index (χ1) is 15.7. The number of azo groups is 1. The highest BCUT2D eigenvalue weighted by atomic mass is 16.5. The van der Waals surface area contributed by atoms with E-state index in [0.29, 0.717) is 33.6 Å². The van der Waals surface area contributed by atoms with Gasteiger partial charge in [0.15, 0.2) is 5.75 Å². The summed E-state index contributed by atoms with van der Waals surface area (Å²) in [5.41, 5.74) is 3.10. The number of aromatic nitrogens is 1. The van der Waals surface area contributed by atoms with Gasteiger partial charge in [0.2, 0.25) is 0 Å². The molecule has 0 N–H and O–H groups in total. The summed E-state index contributed by atoms with van der Waals surface area (Å²) in [7, 11) is 0. The van der Waals surface area contributed by atoms with Gasteiger partial charge in [-0.05, 0) is 47.9 Å². The van der Waals surface area contributed by atoms with Crippen molar-refractivity contribution in [3.8, 4) is 11.8 Å². The zero-order valence-corrected chi connectivity index (χ0v) is 17.5. The van der Waals surface area contributed by atoms with Crippen LogP contribution < -0.4 is 4.74 Å². The van der Waals surface area contributed by atoms with E-state index in [2.05, 4.69) is 21.3 Å². The molecule has 0 bridgehead atoms. The van der Waals surface area contributed by atoms with E-state index in [0.717, 1.165) is 5.56 Å². The van der Waals surface area contributed by atoms with Crippen LogP contribution in [0.25, 0.3) is 10.9 Å². The van der Waals surface area contributed by atoms with Crippen LogP contribution in [0.1, 0.15) is 30.4 Å². The smallest absolute Gasteiger partial charge is 0.311 e. The fourth-order valence-electron chi connectivity index (χ4n) is 3.38. The van der Waals surface area contributed by atoms with E-state index >= 15 is 0 Å². The van der Waals surface area contributed by atoms with E-state index in [1.807, 2.05) is 43.3 Å². The van der Waals surface area contributed by atoms with Crippen LogP contribution in [0, 0.1) is 11.3 Å². The van der Waals surface area contributed by atoms with Gasteiger partial charge in [-0.15, -0.1) is 10.2 Å². The van der Waals surface area contributed by atoms with E-state index in [-0.39, 0.29) is 18.3 Å². The molecule has 0 aliphatic carbocycles. The molecule has 1 atom stereocenters. The van der Waals surface area contributed by atoms with E-state index in [1.165, 1.54) is 0 Å². The molecular weight excluding hydrogens is 400 g/mol. The zero-order valence-electron chi connectivity index (χ0n) is 17.5. The van der Waals surface area contributed by atoms with E-state index in [4.69, 9.17) is 4.74 Å². The molecule has 32 heavy (non-hydrogen) atoms.